The minimum Gasteiger partial charge on any atom is -0.0808 e. The Kier molecular flexibility index (Phi) is 2.08. The molecule has 2 radical (unpaired) electrons. The summed E-state index contributed by atoms with van der Waals surface area (Å²) in [6.45, 7) is 4.59. The molecule has 2 aliphatic rings. The summed E-state index contributed by atoms with van der Waals surface area (Å²) < 4.78 is 0. The third kappa shape index (κ3) is 1.35. The van der Waals surface area contributed by atoms with Gasteiger partial charge in [-0.1, -0.05) is 38.2 Å². The van der Waals surface area contributed by atoms with Crippen LogP contribution in [0.4, 0.5) is 0 Å². The molecule has 3 atom stereocenters. The van der Waals surface area contributed by atoms with Gasteiger partial charge in [0.1, 0.15) is 0 Å². The van der Waals surface area contributed by atoms with E-state index in [1.54, 1.807) is 0 Å². The van der Waals surface area contributed by atoms with E-state index in [-0.39, 0.29) is 0 Å². The molecule has 3 unspecified atom stereocenters. The smallest absolute Gasteiger partial charge is 0.00562 e. The molecule has 1 fully saturated rings. The summed E-state index contributed by atoms with van der Waals surface area (Å²) in [5.41, 5.74) is 0. The van der Waals surface area contributed by atoms with Gasteiger partial charge in [-0.05, 0) is 36.5 Å². The lowest BCUT2D eigenvalue weighted by Gasteiger charge is -2.12. The number of hydrogen-bond acceptors (Lipinski definition) is 0. The minimum atomic E-state index is 0.613. The van der Waals surface area contributed by atoms with Crippen molar-refractivity contribution < 1.29 is 0 Å². The summed E-state index contributed by atoms with van der Waals surface area (Å²) in [6.07, 6.45) is 13.9. The van der Waals surface area contributed by atoms with Crippen molar-refractivity contribution in [2.45, 2.75) is 20.3 Å². The van der Waals surface area contributed by atoms with Gasteiger partial charge in [0.25, 0.3) is 0 Å². The van der Waals surface area contributed by atoms with Crippen LogP contribution in [0.5, 0.6) is 0 Å². The van der Waals surface area contributed by atoms with E-state index in [0.29, 0.717) is 11.8 Å². The predicted octanol–water partition coefficient (Wildman–Crippen LogP) is 3.10. The first-order chi connectivity index (χ1) is 5.77. The topological polar surface area (TPSA) is 0 Å². The van der Waals surface area contributed by atoms with Gasteiger partial charge in [0.05, 0.1) is 0 Å². The summed E-state index contributed by atoms with van der Waals surface area (Å²) in [7, 11) is 0. The standard InChI is InChI=1S/C12H16/c1-9(2)12-7-10-5-3-4-6-11(10)8-12/h3-6,9-12H,7H2,1-2H3. The van der Waals surface area contributed by atoms with Crippen molar-refractivity contribution in [2.24, 2.45) is 23.7 Å². The summed E-state index contributed by atoms with van der Waals surface area (Å²) in [5.74, 6) is 2.84. The van der Waals surface area contributed by atoms with Crippen LogP contribution in [0, 0.1) is 30.1 Å². The van der Waals surface area contributed by atoms with Gasteiger partial charge in [-0.25, -0.2) is 0 Å². The average molecular weight is 160 g/mol. The van der Waals surface area contributed by atoms with Gasteiger partial charge in [0, 0.05) is 0 Å². The molecule has 12 heavy (non-hydrogen) atoms. The van der Waals surface area contributed by atoms with Gasteiger partial charge in [-0.2, -0.15) is 0 Å². The molecule has 0 bridgehead atoms. The maximum Gasteiger partial charge on any atom is -0.00562 e. The molecule has 0 aromatic carbocycles. The first kappa shape index (κ1) is 8.10. The van der Waals surface area contributed by atoms with Gasteiger partial charge < -0.3 is 0 Å². The van der Waals surface area contributed by atoms with Crippen molar-refractivity contribution >= 4 is 0 Å². The molecule has 0 heteroatoms. The lowest BCUT2D eigenvalue weighted by Crippen LogP contribution is -2.04. The van der Waals surface area contributed by atoms with Crippen molar-refractivity contribution in [3.8, 4) is 0 Å². The Morgan fingerprint density at radius 3 is 2.67 bits per heavy atom. The molecular weight excluding hydrogens is 144 g/mol. The van der Waals surface area contributed by atoms with Crippen LogP contribution >= 0.6 is 0 Å². The fourth-order valence-corrected chi connectivity index (χ4v) is 2.13. The van der Waals surface area contributed by atoms with Crippen LogP contribution in [-0.4, -0.2) is 0 Å². The lowest BCUT2D eigenvalue weighted by molar-refractivity contribution is 0.430. The second kappa shape index (κ2) is 3.08. The van der Waals surface area contributed by atoms with E-state index in [0.717, 1.165) is 11.8 Å². The molecular formula is C12H16. The van der Waals surface area contributed by atoms with Crippen LogP contribution in [0.15, 0.2) is 24.3 Å². The molecule has 0 N–H and O–H groups in total. The number of fused-ring (bicyclic) bond motifs is 1. The highest BCUT2D eigenvalue weighted by molar-refractivity contribution is 5.21. The molecule has 0 heterocycles. The van der Waals surface area contributed by atoms with E-state index in [1.165, 1.54) is 6.42 Å². The molecule has 0 amide bonds. The van der Waals surface area contributed by atoms with Gasteiger partial charge in [-0.3, -0.25) is 0 Å². The van der Waals surface area contributed by atoms with Gasteiger partial charge in [0.15, 0.2) is 0 Å². The largest absolute Gasteiger partial charge is 0.0808 e. The molecule has 0 aromatic heterocycles. The van der Waals surface area contributed by atoms with Crippen LogP contribution in [0.2, 0.25) is 0 Å². The minimum absolute atomic E-state index is 0.613. The monoisotopic (exact) mass is 160 g/mol. The number of allylic oxidation sites excluding steroid dienone is 4. The Morgan fingerprint density at radius 2 is 2.00 bits per heavy atom. The second-order valence-electron chi connectivity index (χ2n) is 4.21. The first-order valence-electron chi connectivity index (χ1n) is 4.88. The van der Waals surface area contributed by atoms with E-state index in [1.807, 2.05) is 0 Å². The molecule has 1 saturated carbocycles. The summed E-state index contributed by atoms with van der Waals surface area (Å²) in [5, 5.41) is 0. The van der Waals surface area contributed by atoms with E-state index in [2.05, 4.69) is 44.6 Å². The van der Waals surface area contributed by atoms with Crippen molar-refractivity contribution in [1.29, 1.82) is 0 Å². The Labute approximate surface area is 75.4 Å². The zero-order valence-electron chi connectivity index (χ0n) is 7.83. The fourth-order valence-electron chi connectivity index (χ4n) is 2.13. The van der Waals surface area contributed by atoms with Gasteiger partial charge >= 0.3 is 0 Å². The predicted molar refractivity (Wildman–Crippen MR) is 51.4 cm³/mol. The third-order valence-electron chi connectivity index (χ3n) is 2.99. The van der Waals surface area contributed by atoms with Crippen molar-refractivity contribution in [1.82, 2.24) is 0 Å². The lowest BCUT2D eigenvalue weighted by atomic mass is 9.92. The molecule has 0 aromatic rings. The summed E-state index contributed by atoms with van der Waals surface area (Å²) >= 11 is 0. The first-order valence-corrected chi connectivity index (χ1v) is 4.88. The van der Waals surface area contributed by atoms with Crippen LogP contribution in [0.1, 0.15) is 20.3 Å². The quantitative estimate of drug-likeness (QED) is 0.553. The fraction of sp³-hybridized carbons (Fsp3) is 0.583. The average Bonchev–Trinajstić information content (AvgIpc) is 2.46. The molecule has 2 rings (SSSR count). The highest BCUT2D eigenvalue weighted by Crippen LogP contribution is 2.41. The zero-order valence-corrected chi connectivity index (χ0v) is 7.83. The van der Waals surface area contributed by atoms with Crippen LogP contribution < -0.4 is 0 Å². The maximum absolute atomic E-state index is 3.65. The molecule has 0 spiro atoms. The highest BCUT2D eigenvalue weighted by atomic mass is 14.4. The third-order valence-corrected chi connectivity index (χ3v) is 2.99. The zero-order chi connectivity index (χ0) is 8.55. The van der Waals surface area contributed by atoms with Gasteiger partial charge in [-0.15, -0.1) is 0 Å². The molecule has 0 aliphatic heterocycles. The van der Waals surface area contributed by atoms with Crippen molar-refractivity contribution in [3.63, 3.8) is 0 Å². The highest BCUT2D eigenvalue weighted by Gasteiger charge is 2.33. The Balaban J connectivity index is 2.05. The summed E-state index contributed by atoms with van der Waals surface area (Å²) in [6, 6.07) is 0. The summed E-state index contributed by atoms with van der Waals surface area (Å²) in [4.78, 5) is 0. The molecule has 0 saturated heterocycles. The van der Waals surface area contributed by atoms with Crippen LogP contribution in [0.3, 0.4) is 0 Å². The molecule has 2 aliphatic carbocycles. The SMILES string of the molecule is CC(C)C1[C]C2C=CC=CC2C1. The van der Waals surface area contributed by atoms with Crippen molar-refractivity contribution in [2.75, 3.05) is 0 Å². The Morgan fingerprint density at radius 1 is 1.25 bits per heavy atom. The Hall–Kier alpha value is -0.520. The normalized spacial score (nSPS) is 39.1. The van der Waals surface area contributed by atoms with E-state index in [9.17, 15) is 0 Å². The molecule has 64 valence electrons. The van der Waals surface area contributed by atoms with Crippen LogP contribution in [0.25, 0.3) is 0 Å². The number of hydrogen-bond donors (Lipinski definition) is 0. The second-order valence-corrected chi connectivity index (χ2v) is 4.21. The van der Waals surface area contributed by atoms with E-state index < -0.39 is 0 Å². The van der Waals surface area contributed by atoms with E-state index in [4.69, 9.17) is 0 Å². The van der Waals surface area contributed by atoms with Gasteiger partial charge in [0.2, 0.25) is 0 Å². The van der Waals surface area contributed by atoms with Crippen molar-refractivity contribution in [3.05, 3.63) is 30.7 Å². The van der Waals surface area contributed by atoms with Crippen LogP contribution in [-0.2, 0) is 0 Å². The maximum atomic E-state index is 3.65. The molecule has 0 nitrogen and oxygen atoms in total. The number of rotatable bonds is 1. The Bertz CT molecular complexity index is 190. The van der Waals surface area contributed by atoms with E-state index >= 15 is 0 Å².